The first kappa shape index (κ1) is 29.0. The van der Waals surface area contributed by atoms with Crippen molar-refractivity contribution in [3.8, 4) is 0 Å². The van der Waals surface area contributed by atoms with Crippen molar-refractivity contribution in [3.63, 3.8) is 0 Å². The average molecular weight is 565 g/mol. The second-order valence-electron chi connectivity index (χ2n) is 18.0. The molecule has 0 aromatic carbocycles. The molecule has 0 N–H and O–H groups in total. The average Bonchev–Trinajstić information content (AvgIpc) is 3.70. The zero-order valence-electron chi connectivity index (χ0n) is 27.3. The van der Waals surface area contributed by atoms with Gasteiger partial charge in [0.1, 0.15) is 0 Å². The standard InChI is InChI=1S/C39H68Si/c1-27-24-36-32(30-16-6-4-7-17-30)20-12-22-34(36)38(27)40(3,26-29-14-10-11-15-29)39-28(2)25-37-33(21-13-23-35(37)39)31-18-8-5-9-19-31/h27-39H,4-26H2,1-3H3. The maximum absolute atomic E-state index is 3.12. The number of rotatable bonds is 6. The van der Waals surface area contributed by atoms with E-state index in [0.29, 0.717) is 0 Å². The fourth-order valence-electron chi connectivity index (χ4n) is 15.2. The summed E-state index contributed by atoms with van der Waals surface area (Å²) in [6.07, 6.45) is 34.9. The van der Waals surface area contributed by atoms with Crippen LogP contribution in [-0.2, 0) is 0 Å². The van der Waals surface area contributed by atoms with Gasteiger partial charge in [-0.1, -0.05) is 142 Å². The Kier molecular flexibility index (Phi) is 8.91. The lowest BCUT2D eigenvalue weighted by molar-refractivity contribution is 0.0945. The largest absolute Gasteiger partial charge is 0.0687 e. The van der Waals surface area contributed by atoms with Crippen molar-refractivity contribution in [3.05, 3.63) is 0 Å². The summed E-state index contributed by atoms with van der Waals surface area (Å²) in [4.78, 5) is 0. The lowest BCUT2D eigenvalue weighted by Gasteiger charge is -2.52. The maximum atomic E-state index is 3.12. The highest BCUT2D eigenvalue weighted by molar-refractivity contribution is 6.81. The highest BCUT2D eigenvalue weighted by Gasteiger charge is 2.62. The van der Waals surface area contributed by atoms with Crippen LogP contribution in [-0.4, -0.2) is 8.07 Å². The van der Waals surface area contributed by atoms with E-state index in [-0.39, 0.29) is 0 Å². The molecule has 7 aliphatic carbocycles. The van der Waals surface area contributed by atoms with E-state index in [1.54, 1.807) is 134 Å². The monoisotopic (exact) mass is 565 g/mol. The van der Waals surface area contributed by atoms with Gasteiger partial charge in [0.05, 0.1) is 8.07 Å². The van der Waals surface area contributed by atoms with Crippen molar-refractivity contribution < 1.29 is 0 Å². The van der Waals surface area contributed by atoms with E-state index in [9.17, 15) is 0 Å². The molecular formula is C39H68Si. The minimum atomic E-state index is -1.45. The second kappa shape index (κ2) is 12.3. The molecule has 0 aliphatic heterocycles. The number of hydrogen-bond acceptors (Lipinski definition) is 0. The number of hydrogen-bond donors (Lipinski definition) is 0. The van der Waals surface area contributed by atoms with Gasteiger partial charge in [-0.15, -0.1) is 0 Å². The molecule has 7 rings (SSSR count). The van der Waals surface area contributed by atoms with Gasteiger partial charge >= 0.3 is 0 Å². The van der Waals surface area contributed by atoms with Gasteiger partial charge in [-0.2, -0.15) is 0 Å². The van der Waals surface area contributed by atoms with Gasteiger partial charge in [0.2, 0.25) is 0 Å². The molecule has 10 unspecified atom stereocenters. The Bertz CT molecular complexity index is 759. The van der Waals surface area contributed by atoms with Gasteiger partial charge in [0.15, 0.2) is 0 Å². The fraction of sp³-hybridized carbons (Fsp3) is 1.00. The van der Waals surface area contributed by atoms with Crippen LogP contribution in [0.2, 0.25) is 23.7 Å². The van der Waals surface area contributed by atoms with Crippen molar-refractivity contribution in [1.82, 2.24) is 0 Å². The first-order chi connectivity index (χ1) is 19.5. The summed E-state index contributed by atoms with van der Waals surface area (Å²) in [5.41, 5.74) is 2.34. The van der Waals surface area contributed by atoms with E-state index < -0.39 is 8.07 Å². The molecule has 0 bridgehead atoms. The van der Waals surface area contributed by atoms with Crippen LogP contribution < -0.4 is 0 Å². The predicted molar refractivity (Wildman–Crippen MR) is 175 cm³/mol. The molecule has 0 heterocycles. The molecule has 40 heavy (non-hydrogen) atoms. The molecule has 7 fully saturated rings. The summed E-state index contributed by atoms with van der Waals surface area (Å²) >= 11 is 0. The van der Waals surface area contributed by atoms with Gasteiger partial charge in [-0.05, 0) is 102 Å². The molecule has 0 saturated heterocycles. The van der Waals surface area contributed by atoms with Crippen molar-refractivity contribution in [2.45, 2.75) is 179 Å². The zero-order valence-corrected chi connectivity index (χ0v) is 28.3. The smallest absolute Gasteiger partial charge is 0.0580 e. The summed E-state index contributed by atoms with van der Waals surface area (Å²) in [6, 6.07) is 1.76. The molecule has 0 aromatic heterocycles. The lowest BCUT2D eigenvalue weighted by atomic mass is 9.65. The van der Waals surface area contributed by atoms with Gasteiger partial charge in [-0.25, -0.2) is 0 Å². The topological polar surface area (TPSA) is 0 Å². The molecule has 0 aromatic rings. The second-order valence-corrected chi connectivity index (χ2v) is 22.7. The van der Waals surface area contributed by atoms with Crippen molar-refractivity contribution >= 4 is 8.07 Å². The van der Waals surface area contributed by atoms with Crippen LogP contribution in [0.1, 0.15) is 155 Å². The van der Waals surface area contributed by atoms with E-state index >= 15 is 0 Å². The third-order valence-corrected chi connectivity index (χ3v) is 22.5. The van der Waals surface area contributed by atoms with E-state index in [2.05, 4.69) is 20.4 Å². The highest BCUT2D eigenvalue weighted by Crippen LogP contribution is 2.68. The van der Waals surface area contributed by atoms with E-state index in [1.165, 1.54) is 23.9 Å². The maximum Gasteiger partial charge on any atom is 0.0580 e. The molecule has 10 atom stereocenters. The Morgan fingerprint density at radius 3 is 1.27 bits per heavy atom. The molecule has 0 nitrogen and oxygen atoms in total. The van der Waals surface area contributed by atoms with Crippen LogP contribution >= 0.6 is 0 Å². The molecule has 1 heteroatoms. The van der Waals surface area contributed by atoms with Gasteiger partial charge in [0.25, 0.3) is 0 Å². The minimum absolute atomic E-state index is 1.04. The molecule has 7 saturated carbocycles. The Balaban J connectivity index is 1.19. The van der Waals surface area contributed by atoms with E-state index in [1.807, 2.05) is 0 Å². The van der Waals surface area contributed by atoms with Crippen molar-refractivity contribution in [2.75, 3.05) is 0 Å². The lowest BCUT2D eigenvalue weighted by Crippen LogP contribution is -2.51. The summed E-state index contributed by atoms with van der Waals surface area (Å²) in [5.74, 6) is 12.2. The molecular weight excluding hydrogens is 497 g/mol. The van der Waals surface area contributed by atoms with Gasteiger partial charge < -0.3 is 0 Å². The van der Waals surface area contributed by atoms with E-state index in [0.717, 1.165) is 65.1 Å². The quantitative estimate of drug-likeness (QED) is 0.281. The minimum Gasteiger partial charge on any atom is -0.0687 e. The zero-order chi connectivity index (χ0) is 27.3. The van der Waals surface area contributed by atoms with Crippen LogP contribution in [0.25, 0.3) is 0 Å². The first-order valence-electron chi connectivity index (χ1n) is 19.5. The fourth-order valence-corrected chi connectivity index (χ4v) is 23.5. The summed E-state index contributed by atoms with van der Waals surface area (Å²) in [7, 11) is -1.45. The predicted octanol–water partition coefficient (Wildman–Crippen LogP) is 12.3. The molecule has 0 amide bonds. The van der Waals surface area contributed by atoms with Crippen molar-refractivity contribution in [1.29, 1.82) is 0 Å². The highest BCUT2D eigenvalue weighted by atomic mass is 28.3. The first-order valence-corrected chi connectivity index (χ1v) is 22.4. The van der Waals surface area contributed by atoms with Crippen LogP contribution in [0.4, 0.5) is 0 Å². The summed E-state index contributed by atoms with van der Waals surface area (Å²) < 4.78 is 0. The van der Waals surface area contributed by atoms with Crippen LogP contribution in [0.5, 0.6) is 0 Å². The third-order valence-electron chi connectivity index (χ3n) is 16.0. The third kappa shape index (κ3) is 5.27. The molecule has 7 aliphatic rings. The number of fused-ring (bicyclic) bond motifs is 2. The molecule has 228 valence electrons. The molecule has 0 spiro atoms. The van der Waals surface area contributed by atoms with Crippen LogP contribution in [0.15, 0.2) is 0 Å². The van der Waals surface area contributed by atoms with Crippen LogP contribution in [0.3, 0.4) is 0 Å². The Morgan fingerprint density at radius 1 is 0.425 bits per heavy atom. The van der Waals surface area contributed by atoms with Gasteiger partial charge in [-0.3, -0.25) is 0 Å². The summed E-state index contributed by atoms with van der Waals surface area (Å²) in [6.45, 7) is 8.76. The Hall–Kier alpha value is 0.217. The molecule has 0 radical (unpaired) electrons. The SMILES string of the molecule is CC1CC2C(C3CCCCC3)CCCC2C1[Si](C)(CC1CCCC1)C1C(C)CC2C(C3CCCCC3)CCCC21. The van der Waals surface area contributed by atoms with Crippen LogP contribution in [0, 0.1) is 65.1 Å². The Labute approximate surface area is 251 Å². The van der Waals surface area contributed by atoms with Crippen molar-refractivity contribution in [2.24, 2.45) is 65.1 Å². The van der Waals surface area contributed by atoms with Gasteiger partial charge in [0, 0.05) is 0 Å². The summed E-state index contributed by atoms with van der Waals surface area (Å²) in [5, 5.41) is 0. The normalized spacial score (nSPS) is 47.2. The Morgan fingerprint density at radius 2 is 0.825 bits per heavy atom. The van der Waals surface area contributed by atoms with E-state index in [4.69, 9.17) is 0 Å².